The number of pyridine rings is 2. The SMILES string of the molecule is S=C1N[C@H](c2ccccn2)[C@H](c2cccn2-c2ccccn2)N1c1ccc(OC2CCCC2)cc1. The van der Waals surface area contributed by atoms with Crippen molar-refractivity contribution >= 4 is 23.0 Å². The Bertz CT molecular complexity index is 1290. The van der Waals surface area contributed by atoms with E-state index < -0.39 is 0 Å². The van der Waals surface area contributed by atoms with Gasteiger partial charge in [0.15, 0.2) is 5.11 Å². The lowest BCUT2D eigenvalue weighted by Gasteiger charge is -2.29. The monoisotopic (exact) mass is 481 g/mol. The Hall–Kier alpha value is -3.71. The molecular weight excluding hydrogens is 454 g/mol. The third kappa shape index (κ3) is 4.28. The first-order valence-corrected chi connectivity index (χ1v) is 12.5. The molecule has 0 radical (unpaired) electrons. The van der Waals surface area contributed by atoms with Crippen molar-refractivity contribution in [1.82, 2.24) is 19.9 Å². The number of nitrogens with zero attached hydrogens (tertiary/aromatic N) is 4. The van der Waals surface area contributed by atoms with Crippen LogP contribution >= 0.6 is 12.2 Å². The average Bonchev–Trinajstić information content (AvgIpc) is 3.66. The summed E-state index contributed by atoms with van der Waals surface area (Å²) < 4.78 is 8.32. The van der Waals surface area contributed by atoms with Gasteiger partial charge in [-0.1, -0.05) is 12.1 Å². The van der Waals surface area contributed by atoms with Crippen molar-refractivity contribution in [3.63, 3.8) is 0 Å². The van der Waals surface area contributed by atoms with E-state index in [1.165, 1.54) is 12.8 Å². The molecule has 1 aliphatic carbocycles. The second kappa shape index (κ2) is 9.50. The zero-order chi connectivity index (χ0) is 23.6. The molecule has 1 saturated heterocycles. The van der Waals surface area contributed by atoms with E-state index in [2.05, 4.69) is 61.1 Å². The summed E-state index contributed by atoms with van der Waals surface area (Å²) >= 11 is 5.89. The van der Waals surface area contributed by atoms with Gasteiger partial charge in [0.1, 0.15) is 17.6 Å². The molecule has 4 heterocycles. The molecule has 1 saturated carbocycles. The summed E-state index contributed by atoms with van der Waals surface area (Å²) in [6, 6.07) is 24.2. The fourth-order valence-electron chi connectivity index (χ4n) is 5.16. The van der Waals surface area contributed by atoms with Gasteiger partial charge in [0.05, 0.1) is 17.8 Å². The largest absolute Gasteiger partial charge is 0.490 e. The van der Waals surface area contributed by atoms with Crippen molar-refractivity contribution in [3.05, 3.63) is 103 Å². The molecule has 0 unspecified atom stereocenters. The van der Waals surface area contributed by atoms with Gasteiger partial charge in [-0.3, -0.25) is 4.98 Å². The number of hydrogen-bond donors (Lipinski definition) is 1. The Kier molecular flexibility index (Phi) is 5.92. The lowest BCUT2D eigenvalue weighted by Crippen LogP contribution is -2.30. The number of anilines is 1. The Morgan fingerprint density at radius 3 is 2.34 bits per heavy atom. The summed E-state index contributed by atoms with van der Waals surface area (Å²) in [7, 11) is 0. The Morgan fingerprint density at radius 2 is 1.63 bits per heavy atom. The maximum absolute atomic E-state index is 6.20. The van der Waals surface area contributed by atoms with Crippen LogP contribution in [-0.4, -0.2) is 25.8 Å². The van der Waals surface area contributed by atoms with E-state index in [9.17, 15) is 0 Å². The molecule has 1 aliphatic heterocycles. The smallest absolute Gasteiger partial charge is 0.174 e. The van der Waals surface area contributed by atoms with E-state index in [4.69, 9.17) is 17.0 Å². The number of nitrogens with one attached hydrogen (secondary N) is 1. The lowest BCUT2D eigenvalue weighted by molar-refractivity contribution is 0.210. The second-order valence-electron chi connectivity index (χ2n) is 9.01. The molecule has 176 valence electrons. The number of aromatic nitrogens is 3. The summed E-state index contributed by atoms with van der Waals surface area (Å²) in [5, 5.41) is 4.21. The van der Waals surface area contributed by atoms with Gasteiger partial charge in [-0.05, 0) is 98.6 Å². The molecule has 35 heavy (non-hydrogen) atoms. The highest BCUT2D eigenvalue weighted by atomic mass is 32.1. The molecule has 6 nitrogen and oxygen atoms in total. The first-order valence-electron chi connectivity index (χ1n) is 12.1. The Morgan fingerprint density at radius 1 is 0.857 bits per heavy atom. The molecule has 6 rings (SSSR count). The van der Waals surface area contributed by atoms with E-state index in [1.807, 2.05) is 55.0 Å². The molecule has 2 aliphatic rings. The molecule has 7 heteroatoms. The highest BCUT2D eigenvalue weighted by molar-refractivity contribution is 7.80. The van der Waals surface area contributed by atoms with Crippen LogP contribution in [0.3, 0.4) is 0 Å². The van der Waals surface area contributed by atoms with Gasteiger partial charge in [-0.25, -0.2) is 4.98 Å². The molecule has 2 atom stereocenters. The number of benzene rings is 1. The zero-order valence-electron chi connectivity index (χ0n) is 19.3. The molecule has 0 bridgehead atoms. The lowest BCUT2D eigenvalue weighted by atomic mass is 10.0. The van der Waals surface area contributed by atoms with Crippen LogP contribution in [0, 0.1) is 0 Å². The van der Waals surface area contributed by atoms with Crippen molar-refractivity contribution in [1.29, 1.82) is 0 Å². The van der Waals surface area contributed by atoms with Crippen LogP contribution in [0.15, 0.2) is 91.4 Å². The number of ether oxygens (including phenoxy) is 1. The van der Waals surface area contributed by atoms with Crippen molar-refractivity contribution in [3.8, 4) is 11.6 Å². The fraction of sp³-hybridized carbons (Fsp3) is 0.250. The minimum absolute atomic E-state index is 0.115. The first-order chi connectivity index (χ1) is 17.3. The van der Waals surface area contributed by atoms with Crippen molar-refractivity contribution in [2.75, 3.05) is 4.90 Å². The fourth-order valence-corrected chi connectivity index (χ4v) is 5.50. The predicted molar refractivity (Wildman–Crippen MR) is 141 cm³/mol. The zero-order valence-corrected chi connectivity index (χ0v) is 20.1. The van der Waals surface area contributed by atoms with Crippen molar-refractivity contribution in [2.24, 2.45) is 0 Å². The van der Waals surface area contributed by atoms with Crippen LogP contribution in [0.2, 0.25) is 0 Å². The van der Waals surface area contributed by atoms with Crippen molar-refractivity contribution < 1.29 is 4.74 Å². The summed E-state index contributed by atoms with van der Waals surface area (Å²) in [6.45, 7) is 0. The third-order valence-corrected chi connectivity index (χ3v) is 7.11. The maximum Gasteiger partial charge on any atom is 0.174 e. The standard InChI is InChI=1S/C28H27N5OS/c35-28-31-26(23-10-3-5-17-29-23)27(24-11-7-19-32(24)25-12-4-6-18-30-25)33(28)20-13-15-22(16-14-20)34-21-8-1-2-9-21/h3-7,10-19,21,26-27H,1-2,8-9H2,(H,31,35)/t26-,27+/m1/s1. The summed E-state index contributed by atoms with van der Waals surface area (Å²) in [5.41, 5.74) is 3.04. The molecule has 4 aromatic rings. The quantitative estimate of drug-likeness (QED) is 0.353. The van der Waals surface area contributed by atoms with E-state index in [0.717, 1.165) is 41.5 Å². The van der Waals surface area contributed by atoms with Gasteiger partial charge in [0, 0.05) is 30.0 Å². The van der Waals surface area contributed by atoms with E-state index >= 15 is 0 Å². The van der Waals surface area contributed by atoms with Gasteiger partial charge >= 0.3 is 0 Å². The summed E-state index contributed by atoms with van der Waals surface area (Å²) in [5.74, 6) is 1.78. The maximum atomic E-state index is 6.20. The van der Waals surface area contributed by atoms with E-state index in [0.29, 0.717) is 11.2 Å². The van der Waals surface area contributed by atoms with Crippen molar-refractivity contribution in [2.45, 2.75) is 43.9 Å². The number of rotatable bonds is 6. The van der Waals surface area contributed by atoms with Crippen LogP contribution in [0.4, 0.5) is 5.69 Å². The second-order valence-corrected chi connectivity index (χ2v) is 9.39. The van der Waals surface area contributed by atoms with Crippen LogP contribution in [0.25, 0.3) is 5.82 Å². The summed E-state index contributed by atoms with van der Waals surface area (Å²) in [6.07, 6.45) is 10.8. The number of thiocarbonyl (C=S) groups is 1. The molecular formula is C28H27N5OS. The molecule has 3 aromatic heterocycles. The van der Waals surface area contributed by atoms with Gasteiger partial charge in [0.25, 0.3) is 0 Å². The van der Waals surface area contributed by atoms with E-state index in [-0.39, 0.29) is 12.1 Å². The van der Waals surface area contributed by atoms with Gasteiger partial charge < -0.3 is 19.5 Å². The number of hydrogen-bond acceptors (Lipinski definition) is 4. The molecule has 0 spiro atoms. The van der Waals surface area contributed by atoms with Crippen LogP contribution in [-0.2, 0) is 0 Å². The first kappa shape index (κ1) is 21.8. The average molecular weight is 482 g/mol. The topological polar surface area (TPSA) is 55.2 Å². The van der Waals surface area contributed by atoms with Gasteiger partial charge in [-0.15, -0.1) is 0 Å². The van der Waals surface area contributed by atoms with Crippen LogP contribution in [0.5, 0.6) is 5.75 Å². The van der Waals surface area contributed by atoms with Crippen LogP contribution in [0.1, 0.15) is 49.2 Å². The van der Waals surface area contributed by atoms with E-state index in [1.54, 1.807) is 0 Å². The molecule has 2 fully saturated rings. The highest BCUT2D eigenvalue weighted by Crippen LogP contribution is 2.42. The Balaban J connectivity index is 1.39. The predicted octanol–water partition coefficient (Wildman–Crippen LogP) is 5.77. The highest BCUT2D eigenvalue weighted by Gasteiger charge is 2.42. The van der Waals surface area contributed by atoms with Gasteiger partial charge in [-0.2, -0.15) is 0 Å². The third-order valence-electron chi connectivity index (χ3n) is 6.80. The minimum atomic E-state index is -0.115. The molecule has 1 aromatic carbocycles. The normalized spacial score (nSPS) is 20.2. The molecule has 0 amide bonds. The molecule has 1 N–H and O–H groups in total. The van der Waals surface area contributed by atoms with Gasteiger partial charge in [0.2, 0.25) is 0 Å². The summed E-state index contributed by atoms with van der Waals surface area (Å²) in [4.78, 5) is 11.4. The Labute approximate surface area is 210 Å². The van der Waals surface area contributed by atoms with Crippen LogP contribution < -0.4 is 15.0 Å². The minimum Gasteiger partial charge on any atom is -0.490 e.